The summed E-state index contributed by atoms with van der Waals surface area (Å²) in [6.07, 6.45) is 4.61. The Morgan fingerprint density at radius 1 is 1.15 bits per heavy atom. The molecule has 1 saturated carbocycles. The Morgan fingerprint density at radius 2 is 1.80 bits per heavy atom. The van der Waals surface area contributed by atoms with E-state index in [0.717, 1.165) is 17.7 Å². The fraction of sp³-hybridized carbons (Fsp3) is 0.375. The van der Waals surface area contributed by atoms with Gasteiger partial charge in [-0.25, -0.2) is 0 Å². The number of amides is 1. The highest BCUT2D eigenvalue weighted by molar-refractivity contribution is 5.96. The van der Waals surface area contributed by atoms with Crippen LogP contribution in [0.1, 0.15) is 12.0 Å². The van der Waals surface area contributed by atoms with Crippen molar-refractivity contribution in [3.05, 3.63) is 42.0 Å². The van der Waals surface area contributed by atoms with E-state index < -0.39 is 17.8 Å². The van der Waals surface area contributed by atoms with Gasteiger partial charge >= 0.3 is 0 Å². The predicted octanol–water partition coefficient (Wildman–Crippen LogP) is 1.12. The summed E-state index contributed by atoms with van der Waals surface area (Å²) >= 11 is 0. The molecule has 0 spiro atoms. The topological polar surface area (TPSA) is 69.2 Å². The number of nitrogens with one attached hydrogen (secondary N) is 1. The number of carboxylic acids is 1. The molecule has 2 bridgehead atoms. The van der Waals surface area contributed by atoms with Gasteiger partial charge in [-0.1, -0.05) is 30.4 Å². The summed E-state index contributed by atoms with van der Waals surface area (Å²) in [6.45, 7) is 1.91. The number of carbonyl (C=O) groups excluding carboxylic acids is 2. The molecule has 0 aliphatic heterocycles. The highest BCUT2D eigenvalue weighted by atomic mass is 16.4. The number of hydrogen-bond donors (Lipinski definition) is 1. The van der Waals surface area contributed by atoms with Crippen LogP contribution in [-0.2, 0) is 9.59 Å². The Balaban J connectivity index is 1.82. The Hall–Kier alpha value is -2.10. The first-order chi connectivity index (χ1) is 9.58. The Labute approximate surface area is 117 Å². The van der Waals surface area contributed by atoms with Crippen molar-refractivity contribution in [2.45, 2.75) is 13.3 Å². The molecular formula is C16H16NO3-. The molecule has 1 aromatic carbocycles. The molecule has 1 amide bonds. The number of hydrogen-bond acceptors (Lipinski definition) is 3. The maximum Gasteiger partial charge on any atom is 0.228 e. The number of aliphatic carboxylic acids is 1. The van der Waals surface area contributed by atoms with Crippen LogP contribution in [0.5, 0.6) is 0 Å². The first-order valence-corrected chi connectivity index (χ1v) is 6.83. The highest BCUT2D eigenvalue weighted by Crippen LogP contribution is 2.48. The SMILES string of the molecule is Cc1ccccc1NC(=O)[C@H]1[C@@H](C(=O)[O-])[C@H]2C=C[C@H]1C2. The zero-order valence-corrected chi connectivity index (χ0v) is 11.2. The first kappa shape index (κ1) is 12.9. The number of carboxylic acid groups (broad SMARTS) is 1. The molecule has 0 aromatic heterocycles. The smallest absolute Gasteiger partial charge is 0.228 e. The molecule has 4 nitrogen and oxygen atoms in total. The maximum absolute atomic E-state index is 12.4. The summed E-state index contributed by atoms with van der Waals surface area (Å²) in [7, 11) is 0. The van der Waals surface area contributed by atoms with Gasteiger partial charge in [0.2, 0.25) is 5.91 Å². The molecule has 1 aromatic rings. The van der Waals surface area contributed by atoms with Gasteiger partial charge in [0.15, 0.2) is 0 Å². The molecule has 20 heavy (non-hydrogen) atoms. The van der Waals surface area contributed by atoms with Gasteiger partial charge in [0.05, 0.1) is 5.92 Å². The van der Waals surface area contributed by atoms with Gasteiger partial charge in [0.1, 0.15) is 0 Å². The van der Waals surface area contributed by atoms with Crippen molar-refractivity contribution in [3.8, 4) is 0 Å². The van der Waals surface area contributed by atoms with Gasteiger partial charge in [0.25, 0.3) is 0 Å². The number of anilines is 1. The molecule has 2 aliphatic rings. The van der Waals surface area contributed by atoms with Gasteiger partial charge in [0, 0.05) is 17.6 Å². The summed E-state index contributed by atoms with van der Waals surface area (Å²) in [5.74, 6) is -2.59. The number of carbonyl (C=O) groups is 2. The standard InChI is InChI=1S/C16H17NO3/c1-9-4-2-3-5-12(9)17-15(18)13-10-6-7-11(8-10)14(13)16(19)20/h2-7,10-11,13-14H,8H2,1H3,(H,17,18)(H,19,20)/p-1/t10-,11-,13+,14-/m0/s1. The third kappa shape index (κ3) is 2.01. The molecule has 3 rings (SSSR count). The lowest BCUT2D eigenvalue weighted by molar-refractivity contribution is -0.313. The number of fused-ring (bicyclic) bond motifs is 2. The highest BCUT2D eigenvalue weighted by Gasteiger charge is 2.48. The minimum absolute atomic E-state index is 0.0203. The lowest BCUT2D eigenvalue weighted by atomic mass is 9.82. The minimum Gasteiger partial charge on any atom is -0.550 e. The Kier molecular flexibility index (Phi) is 3.08. The van der Waals surface area contributed by atoms with Crippen LogP contribution in [0.4, 0.5) is 5.69 Å². The molecule has 4 atom stereocenters. The third-order valence-electron chi connectivity index (χ3n) is 4.44. The molecule has 0 heterocycles. The van der Waals surface area contributed by atoms with Crippen molar-refractivity contribution < 1.29 is 14.7 Å². The zero-order valence-electron chi connectivity index (χ0n) is 11.2. The van der Waals surface area contributed by atoms with Gasteiger partial charge in [-0.05, 0) is 36.8 Å². The van der Waals surface area contributed by atoms with Crippen LogP contribution in [0.2, 0.25) is 0 Å². The van der Waals surface area contributed by atoms with E-state index in [9.17, 15) is 14.7 Å². The van der Waals surface area contributed by atoms with Crippen LogP contribution >= 0.6 is 0 Å². The Bertz CT molecular complexity index is 593. The molecule has 0 unspecified atom stereocenters. The molecular weight excluding hydrogens is 254 g/mol. The van der Waals surface area contributed by atoms with Crippen LogP contribution in [0.15, 0.2) is 36.4 Å². The summed E-state index contributed by atoms with van der Waals surface area (Å²) in [4.78, 5) is 23.7. The van der Waals surface area contributed by atoms with E-state index in [0.29, 0.717) is 0 Å². The number of aryl methyl sites for hydroxylation is 1. The van der Waals surface area contributed by atoms with Crippen molar-refractivity contribution in [2.24, 2.45) is 23.7 Å². The molecule has 1 N–H and O–H groups in total. The molecule has 0 radical (unpaired) electrons. The lowest BCUT2D eigenvalue weighted by Crippen LogP contribution is -2.42. The van der Waals surface area contributed by atoms with E-state index in [2.05, 4.69) is 5.32 Å². The van der Waals surface area contributed by atoms with Crippen molar-refractivity contribution in [1.29, 1.82) is 0 Å². The zero-order chi connectivity index (χ0) is 14.3. The minimum atomic E-state index is -1.12. The van der Waals surface area contributed by atoms with Gasteiger partial charge in [-0.3, -0.25) is 4.79 Å². The molecule has 2 aliphatic carbocycles. The van der Waals surface area contributed by atoms with E-state index in [1.165, 1.54) is 0 Å². The van der Waals surface area contributed by atoms with E-state index >= 15 is 0 Å². The Morgan fingerprint density at radius 3 is 2.45 bits per heavy atom. The number of allylic oxidation sites excluding steroid dienone is 2. The van der Waals surface area contributed by atoms with Gasteiger partial charge < -0.3 is 15.2 Å². The summed E-state index contributed by atoms with van der Waals surface area (Å²) in [6, 6.07) is 7.48. The van der Waals surface area contributed by atoms with Crippen molar-refractivity contribution in [2.75, 3.05) is 5.32 Å². The van der Waals surface area contributed by atoms with Crippen LogP contribution < -0.4 is 10.4 Å². The quantitative estimate of drug-likeness (QED) is 0.837. The second kappa shape index (κ2) is 4.78. The largest absolute Gasteiger partial charge is 0.550 e. The third-order valence-corrected chi connectivity index (χ3v) is 4.44. The number of benzene rings is 1. The average Bonchev–Trinajstić information content (AvgIpc) is 3.01. The van der Waals surface area contributed by atoms with Gasteiger partial charge in [-0.15, -0.1) is 0 Å². The fourth-order valence-electron chi connectivity index (χ4n) is 3.43. The number of rotatable bonds is 3. The molecule has 0 saturated heterocycles. The lowest BCUT2D eigenvalue weighted by Gasteiger charge is -2.28. The summed E-state index contributed by atoms with van der Waals surface area (Å²) < 4.78 is 0. The summed E-state index contributed by atoms with van der Waals surface area (Å²) in [5.41, 5.74) is 1.70. The van der Waals surface area contributed by atoms with Crippen molar-refractivity contribution in [1.82, 2.24) is 0 Å². The molecule has 4 heteroatoms. The van der Waals surface area contributed by atoms with E-state index in [4.69, 9.17) is 0 Å². The summed E-state index contributed by atoms with van der Waals surface area (Å²) in [5, 5.41) is 14.2. The van der Waals surface area contributed by atoms with Crippen molar-refractivity contribution >= 4 is 17.6 Å². The van der Waals surface area contributed by atoms with Crippen LogP contribution in [0, 0.1) is 30.6 Å². The molecule has 104 valence electrons. The normalized spacial score (nSPS) is 30.4. The maximum atomic E-state index is 12.4. The second-order valence-electron chi connectivity index (χ2n) is 5.62. The van der Waals surface area contributed by atoms with Crippen molar-refractivity contribution in [3.63, 3.8) is 0 Å². The van der Waals surface area contributed by atoms with Crippen LogP contribution in [0.3, 0.4) is 0 Å². The fourth-order valence-corrected chi connectivity index (χ4v) is 3.43. The monoisotopic (exact) mass is 270 g/mol. The average molecular weight is 270 g/mol. The van der Waals surface area contributed by atoms with E-state index in [1.54, 1.807) is 0 Å². The van der Waals surface area contributed by atoms with E-state index in [1.807, 2.05) is 43.3 Å². The van der Waals surface area contributed by atoms with E-state index in [-0.39, 0.29) is 17.7 Å². The van der Waals surface area contributed by atoms with Gasteiger partial charge in [-0.2, -0.15) is 0 Å². The van der Waals surface area contributed by atoms with Crippen LogP contribution in [0.25, 0.3) is 0 Å². The predicted molar refractivity (Wildman–Crippen MR) is 72.5 cm³/mol. The molecule has 1 fully saturated rings. The first-order valence-electron chi connectivity index (χ1n) is 6.83. The van der Waals surface area contributed by atoms with Crippen LogP contribution in [-0.4, -0.2) is 11.9 Å². The second-order valence-corrected chi connectivity index (χ2v) is 5.62. The number of para-hydroxylation sites is 1.